The van der Waals surface area contributed by atoms with Crippen LogP contribution in [0, 0.1) is 0 Å². The molecule has 2 rings (SSSR count). The quantitative estimate of drug-likeness (QED) is 0.672. The van der Waals surface area contributed by atoms with Crippen molar-refractivity contribution in [1.29, 1.82) is 0 Å². The second-order valence-corrected chi connectivity index (χ2v) is 2.97. The van der Waals surface area contributed by atoms with E-state index < -0.39 is 0 Å². The number of hydrogen-bond acceptors (Lipinski definition) is 2. The SMILES string of the molecule is O=C(c1cc[nH]c1)C1CCCO1. The highest BCUT2D eigenvalue weighted by molar-refractivity contribution is 5.99. The van der Waals surface area contributed by atoms with Crippen molar-refractivity contribution in [3.8, 4) is 0 Å². The van der Waals surface area contributed by atoms with Crippen LogP contribution in [-0.2, 0) is 4.74 Å². The molecule has 1 N–H and O–H groups in total. The fraction of sp³-hybridized carbons (Fsp3) is 0.444. The fourth-order valence-electron chi connectivity index (χ4n) is 1.45. The third-order valence-corrected chi connectivity index (χ3v) is 2.10. The van der Waals surface area contributed by atoms with Crippen molar-refractivity contribution in [3.63, 3.8) is 0 Å². The smallest absolute Gasteiger partial charge is 0.193 e. The number of carbonyl (C=O) groups is 1. The van der Waals surface area contributed by atoms with Gasteiger partial charge in [-0.2, -0.15) is 0 Å². The summed E-state index contributed by atoms with van der Waals surface area (Å²) in [6, 6.07) is 1.78. The van der Waals surface area contributed by atoms with Gasteiger partial charge in [0.2, 0.25) is 0 Å². The van der Waals surface area contributed by atoms with Crippen LogP contribution >= 0.6 is 0 Å². The number of hydrogen-bond donors (Lipinski definition) is 1. The summed E-state index contributed by atoms with van der Waals surface area (Å²) < 4.78 is 5.28. The predicted molar refractivity (Wildman–Crippen MR) is 44.1 cm³/mol. The molecule has 3 nitrogen and oxygen atoms in total. The van der Waals surface area contributed by atoms with Gasteiger partial charge in [0.25, 0.3) is 0 Å². The van der Waals surface area contributed by atoms with Crippen molar-refractivity contribution < 1.29 is 9.53 Å². The van der Waals surface area contributed by atoms with Crippen LogP contribution in [0.3, 0.4) is 0 Å². The largest absolute Gasteiger partial charge is 0.370 e. The Kier molecular flexibility index (Phi) is 1.96. The molecule has 0 bridgehead atoms. The molecule has 64 valence electrons. The van der Waals surface area contributed by atoms with E-state index in [-0.39, 0.29) is 11.9 Å². The Morgan fingerprint density at radius 1 is 1.67 bits per heavy atom. The third kappa shape index (κ3) is 1.28. The number of ketones is 1. The van der Waals surface area contributed by atoms with Gasteiger partial charge < -0.3 is 9.72 Å². The van der Waals surface area contributed by atoms with E-state index in [0.29, 0.717) is 0 Å². The second kappa shape index (κ2) is 3.11. The van der Waals surface area contributed by atoms with Gasteiger partial charge >= 0.3 is 0 Å². The highest BCUT2D eigenvalue weighted by Crippen LogP contribution is 2.16. The third-order valence-electron chi connectivity index (χ3n) is 2.10. The van der Waals surface area contributed by atoms with Gasteiger partial charge in [-0.3, -0.25) is 4.79 Å². The van der Waals surface area contributed by atoms with Crippen LogP contribution < -0.4 is 0 Å². The summed E-state index contributed by atoms with van der Waals surface area (Å²) in [5.41, 5.74) is 0.724. The molecule has 3 heteroatoms. The van der Waals surface area contributed by atoms with Crippen molar-refractivity contribution in [2.75, 3.05) is 6.61 Å². The lowest BCUT2D eigenvalue weighted by Crippen LogP contribution is -2.18. The number of carbonyl (C=O) groups excluding carboxylic acids is 1. The van der Waals surface area contributed by atoms with Gasteiger partial charge in [-0.15, -0.1) is 0 Å². The van der Waals surface area contributed by atoms with E-state index in [1.54, 1.807) is 18.5 Å². The number of aromatic amines is 1. The molecule has 1 atom stereocenters. The zero-order chi connectivity index (χ0) is 8.39. The van der Waals surface area contributed by atoms with Crippen LogP contribution in [-0.4, -0.2) is 23.5 Å². The number of aromatic nitrogens is 1. The molecule has 1 unspecified atom stereocenters. The van der Waals surface area contributed by atoms with Gasteiger partial charge in [-0.1, -0.05) is 0 Å². The number of rotatable bonds is 2. The molecule has 1 aliphatic rings. The lowest BCUT2D eigenvalue weighted by atomic mass is 10.1. The summed E-state index contributed by atoms with van der Waals surface area (Å²) in [7, 11) is 0. The normalized spacial score (nSPS) is 22.8. The molecule has 1 saturated heterocycles. The van der Waals surface area contributed by atoms with Crippen molar-refractivity contribution in [2.45, 2.75) is 18.9 Å². The second-order valence-electron chi connectivity index (χ2n) is 2.97. The molecular weight excluding hydrogens is 154 g/mol. The van der Waals surface area contributed by atoms with Crippen LogP contribution in [0.1, 0.15) is 23.2 Å². The van der Waals surface area contributed by atoms with Crippen LogP contribution in [0.25, 0.3) is 0 Å². The topological polar surface area (TPSA) is 42.1 Å². The zero-order valence-electron chi connectivity index (χ0n) is 6.75. The minimum Gasteiger partial charge on any atom is -0.370 e. The van der Waals surface area contributed by atoms with E-state index in [1.807, 2.05) is 0 Å². The van der Waals surface area contributed by atoms with Crippen LogP contribution in [0.5, 0.6) is 0 Å². The fourth-order valence-corrected chi connectivity index (χ4v) is 1.45. The van der Waals surface area contributed by atoms with E-state index in [1.165, 1.54) is 0 Å². The van der Waals surface area contributed by atoms with Gasteiger partial charge in [0.15, 0.2) is 5.78 Å². The summed E-state index contributed by atoms with van der Waals surface area (Å²) in [5.74, 6) is 0.105. The molecule has 1 fully saturated rings. The first-order valence-electron chi connectivity index (χ1n) is 4.16. The molecule has 12 heavy (non-hydrogen) atoms. The summed E-state index contributed by atoms with van der Waals surface area (Å²) in [6.45, 7) is 0.723. The molecule has 0 amide bonds. The minimum atomic E-state index is -0.194. The number of H-pyrrole nitrogens is 1. The molecule has 1 aromatic rings. The van der Waals surface area contributed by atoms with Crippen molar-refractivity contribution in [1.82, 2.24) is 4.98 Å². The maximum Gasteiger partial charge on any atom is 0.193 e. The summed E-state index contributed by atoms with van der Waals surface area (Å²) in [6.07, 6.45) is 5.14. The monoisotopic (exact) mass is 165 g/mol. The van der Waals surface area contributed by atoms with Gasteiger partial charge in [0, 0.05) is 24.6 Å². The first-order chi connectivity index (χ1) is 5.88. The first-order valence-corrected chi connectivity index (χ1v) is 4.16. The van der Waals surface area contributed by atoms with Crippen molar-refractivity contribution in [3.05, 3.63) is 24.0 Å². The average molecular weight is 165 g/mol. The molecule has 0 saturated carbocycles. The number of Topliss-reactive ketones (excluding diaryl/α,β-unsaturated/α-hetero) is 1. The lowest BCUT2D eigenvalue weighted by molar-refractivity contribution is 0.0643. The van der Waals surface area contributed by atoms with Crippen LogP contribution in [0.2, 0.25) is 0 Å². The van der Waals surface area contributed by atoms with Gasteiger partial charge in [0.05, 0.1) is 0 Å². The maximum atomic E-state index is 11.6. The van der Waals surface area contributed by atoms with Crippen LogP contribution in [0.4, 0.5) is 0 Å². The predicted octanol–water partition coefficient (Wildman–Crippen LogP) is 1.38. The molecule has 1 aliphatic heterocycles. The van der Waals surface area contributed by atoms with E-state index in [2.05, 4.69) is 4.98 Å². The molecule has 2 heterocycles. The zero-order valence-corrected chi connectivity index (χ0v) is 6.75. The van der Waals surface area contributed by atoms with E-state index in [0.717, 1.165) is 25.0 Å². The van der Waals surface area contributed by atoms with E-state index in [4.69, 9.17) is 4.74 Å². The molecule has 0 radical (unpaired) electrons. The van der Waals surface area contributed by atoms with Gasteiger partial charge in [-0.05, 0) is 18.9 Å². The number of nitrogens with one attached hydrogen (secondary N) is 1. The Balaban J connectivity index is 2.09. The Morgan fingerprint density at radius 2 is 2.58 bits per heavy atom. The standard InChI is InChI=1S/C9H11NO2/c11-9(7-3-4-10-6-7)8-2-1-5-12-8/h3-4,6,8,10H,1-2,5H2. The number of ether oxygens (including phenoxy) is 1. The molecular formula is C9H11NO2. The Hall–Kier alpha value is -1.09. The molecule has 0 spiro atoms. The van der Waals surface area contributed by atoms with Crippen molar-refractivity contribution >= 4 is 5.78 Å². The highest BCUT2D eigenvalue weighted by atomic mass is 16.5. The lowest BCUT2D eigenvalue weighted by Gasteiger charge is -2.05. The van der Waals surface area contributed by atoms with E-state index in [9.17, 15) is 4.79 Å². The minimum absolute atomic E-state index is 0.105. The Morgan fingerprint density at radius 3 is 3.17 bits per heavy atom. The molecule has 0 aliphatic carbocycles. The Bertz CT molecular complexity index is 260. The van der Waals surface area contributed by atoms with E-state index >= 15 is 0 Å². The van der Waals surface area contributed by atoms with Crippen LogP contribution in [0.15, 0.2) is 18.5 Å². The van der Waals surface area contributed by atoms with Gasteiger partial charge in [0.1, 0.15) is 6.10 Å². The summed E-state index contributed by atoms with van der Waals surface area (Å²) in [5, 5.41) is 0. The average Bonchev–Trinajstić information content (AvgIpc) is 2.77. The maximum absolute atomic E-state index is 11.6. The molecule has 0 aromatic carbocycles. The molecule has 1 aromatic heterocycles. The summed E-state index contributed by atoms with van der Waals surface area (Å²) in [4.78, 5) is 14.4. The summed E-state index contributed by atoms with van der Waals surface area (Å²) >= 11 is 0. The van der Waals surface area contributed by atoms with Gasteiger partial charge in [-0.25, -0.2) is 0 Å². The highest BCUT2D eigenvalue weighted by Gasteiger charge is 2.24. The van der Waals surface area contributed by atoms with Crippen molar-refractivity contribution in [2.24, 2.45) is 0 Å². The Labute approximate surface area is 70.7 Å². The first kappa shape index (κ1) is 7.55.